The standard InChI is InChI=1S/C20H17F3O5S.C19H17ClO4S.C19H17FO4S.C19H18O4S/c21-20(22,23)28-15-7-3-13(4-8-15)17(25)11-27-14-5-1-12(2-6-14)9-18-16(24)10-19(26)29-18;20-14-5-3-13(4-6-14)17(22)11-24-15-7-1-12(2-8-15)9-18-16(21)10-19(23)25-18;20-15-4-2-1-3-14(15)17(22)11-24-13-7-5-12(6-8-13)9-18-16(21)10-19(23)25-18;20-16-11-19(22)24-18(16)10-13-6-8-15(9-7-13)23-12-17(21)14-4-2-1-3-5-14/h1-8,17-18,25H,9-11H2;2*1-8,17-18,22H,9-11H2;1-9,17-18,21H,10-12H2/t4*17-,18?/m1111/s1. The highest BCUT2D eigenvalue weighted by Gasteiger charge is 2.35. The van der Waals surface area contributed by atoms with Gasteiger partial charge in [0.25, 0.3) is 0 Å². The molecule has 0 radical (unpaired) electrons. The molecule has 4 aliphatic heterocycles. The van der Waals surface area contributed by atoms with Crippen molar-refractivity contribution in [3.05, 3.63) is 256 Å². The molecule has 4 N–H and O–H groups in total. The largest absolute Gasteiger partial charge is 0.573 e. The number of hydrogen-bond acceptors (Lipinski definition) is 21. The van der Waals surface area contributed by atoms with Gasteiger partial charge in [-0.3, -0.25) is 38.4 Å². The van der Waals surface area contributed by atoms with Crippen LogP contribution < -0.4 is 23.7 Å². The molecule has 0 saturated carbocycles. The highest BCUT2D eigenvalue weighted by atomic mass is 35.5. The highest BCUT2D eigenvalue weighted by Crippen LogP contribution is 2.34. The molecule has 4 aliphatic rings. The molecular formula is C77H69ClF4O17S4. The summed E-state index contributed by atoms with van der Waals surface area (Å²) in [5, 5.41) is 39.5. The number of halogens is 5. The van der Waals surface area contributed by atoms with Gasteiger partial charge in [0.15, 0.2) is 43.6 Å². The first-order valence-corrected chi connectivity index (χ1v) is 36.1. The van der Waals surface area contributed by atoms with E-state index in [1.807, 2.05) is 78.9 Å². The number of hydrogen-bond donors (Lipinski definition) is 4. The Morgan fingerprint density at radius 1 is 0.359 bits per heavy atom. The maximum absolute atomic E-state index is 13.6. The quantitative estimate of drug-likeness (QED) is 0.0306. The average Bonchev–Trinajstić information content (AvgIpc) is 1.86. The summed E-state index contributed by atoms with van der Waals surface area (Å²) in [6.07, 6.45) is -6.11. The van der Waals surface area contributed by atoms with Gasteiger partial charge >= 0.3 is 6.36 Å². The van der Waals surface area contributed by atoms with Gasteiger partial charge in [-0.05, 0) is 143 Å². The Morgan fingerprint density at radius 2 is 0.631 bits per heavy atom. The van der Waals surface area contributed by atoms with Gasteiger partial charge in [0.2, 0.25) is 0 Å². The molecular weight excluding hydrogens is 1440 g/mol. The van der Waals surface area contributed by atoms with Crippen LogP contribution in [0.1, 0.15) is 94.6 Å². The summed E-state index contributed by atoms with van der Waals surface area (Å²) >= 11 is 10.2. The highest BCUT2D eigenvalue weighted by molar-refractivity contribution is 8.16. The number of aliphatic hydroxyl groups excluding tert-OH is 4. The van der Waals surface area contributed by atoms with Crippen LogP contribution in [0.2, 0.25) is 5.02 Å². The minimum atomic E-state index is -4.77. The van der Waals surface area contributed by atoms with Gasteiger partial charge in [-0.25, -0.2) is 4.39 Å². The lowest BCUT2D eigenvalue weighted by molar-refractivity contribution is -0.274. The van der Waals surface area contributed by atoms with Crippen molar-refractivity contribution in [2.24, 2.45) is 0 Å². The smallest absolute Gasteiger partial charge is 0.491 e. The fourth-order valence-electron chi connectivity index (χ4n) is 10.5. The monoisotopic (exact) mass is 1500 g/mol. The third-order valence-electron chi connectivity index (χ3n) is 16.0. The van der Waals surface area contributed by atoms with E-state index in [1.54, 1.807) is 84.9 Å². The average molecular weight is 1510 g/mol. The maximum Gasteiger partial charge on any atom is 0.573 e. The topological polar surface area (TPSA) is 264 Å². The number of benzene rings is 8. The zero-order valence-electron chi connectivity index (χ0n) is 54.8. The molecule has 4 heterocycles. The van der Waals surface area contributed by atoms with E-state index in [1.165, 1.54) is 24.3 Å². The summed E-state index contributed by atoms with van der Waals surface area (Å²) in [5.41, 5.74) is 5.93. The SMILES string of the molecule is O=C1CC(=O)C(Cc2ccc(OC[C@@H](O)c3ccc(Cl)cc3)cc2)S1.O=C1CC(=O)C(Cc2ccc(OC[C@@H](O)c3ccc(OC(F)(F)F)cc3)cc2)S1.O=C1CC(=O)C(Cc2ccc(OC[C@@H](O)c3ccccc3)cc2)S1.O=C1CC(=O)C(Cc2ccc(OC[C@@H](O)c3ccccc3F)cc2)S1. The van der Waals surface area contributed by atoms with Crippen molar-refractivity contribution in [3.63, 3.8) is 0 Å². The Balaban J connectivity index is 0.000000160. The van der Waals surface area contributed by atoms with Crippen LogP contribution in [0.3, 0.4) is 0 Å². The predicted octanol–water partition coefficient (Wildman–Crippen LogP) is 13.5. The van der Waals surface area contributed by atoms with Crippen molar-refractivity contribution >= 4 is 102 Å². The van der Waals surface area contributed by atoms with Gasteiger partial charge in [0.1, 0.15) is 85.4 Å². The first kappa shape index (κ1) is 78.5. The number of aliphatic hydroxyl groups is 4. The molecule has 538 valence electrons. The Labute approximate surface area is 612 Å². The normalized spacial score (nSPS) is 18.3. The molecule has 8 aromatic rings. The van der Waals surface area contributed by atoms with Crippen LogP contribution in [0.25, 0.3) is 0 Å². The molecule has 4 fully saturated rings. The van der Waals surface area contributed by atoms with Crippen LogP contribution in [-0.4, -0.2) is 118 Å². The third-order valence-corrected chi connectivity index (χ3v) is 20.8. The van der Waals surface area contributed by atoms with Crippen LogP contribution in [0, 0.1) is 5.82 Å². The first-order chi connectivity index (χ1) is 49.3. The van der Waals surface area contributed by atoms with Crippen molar-refractivity contribution in [1.29, 1.82) is 0 Å². The number of rotatable bonds is 25. The van der Waals surface area contributed by atoms with E-state index in [0.29, 0.717) is 59.3 Å². The predicted molar refractivity (Wildman–Crippen MR) is 384 cm³/mol. The number of alkyl halides is 3. The van der Waals surface area contributed by atoms with E-state index in [2.05, 4.69) is 4.74 Å². The van der Waals surface area contributed by atoms with E-state index in [0.717, 1.165) is 92.6 Å². The van der Waals surface area contributed by atoms with E-state index < -0.39 is 36.6 Å². The lowest BCUT2D eigenvalue weighted by Crippen LogP contribution is -2.17. The molecule has 0 amide bonds. The fourth-order valence-corrected chi connectivity index (χ4v) is 14.8. The lowest BCUT2D eigenvalue weighted by atomic mass is 10.1. The van der Waals surface area contributed by atoms with Crippen LogP contribution in [0.15, 0.2) is 200 Å². The van der Waals surface area contributed by atoms with E-state index in [-0.39, 0.29) is 128 Å². The second-order valence-corrected chi connectivity index (χ2v) is 29.3. The van der Waals surface area contributed by atoms with Gasteiger partial charge in [-0.1, -0.05) is 180 Å². The second kappa shape index (κ2) is 38.2. The van der Waals surface area contributed by atoms with Gasteiger partial charge in [-0.15, -0.1) is 13.2 Å². The fraction of sp³-hybridized carbons (Fsp3) is 0.273. The zero-order chi connectivity index (χ0) is 73.6. The van der Waals surface area contributed by atoms with Crippen LogP contribution in [-0.2, 0) is 64.0 Å². The second-order valence-electron chi connectivity index (χ2n) is 23.8. The number of thioether (sulfide) groups is 4. The van der Waals surface area contributed by atoms with Crippen LogP contribution in [0.4, 0.5) is 17.6 Å². The minimum Gasteiger partial charge on any atom is -0.491 e. The van der Waals surface area contributed by atoms with Crippen LogP contribution >= 0.6 is 58.6 Å². The number of ketones is 4. The number of carbonyl (C=O) groups excluding carboxylic acids is 8. The molecule has 0 aliphatic carbocycles. The number of ether oxygens (including phenoxy) is 5. The Hall–Kier alpha value is -8.63. The summed E-state index contributed by atoms with van der Waals surface area (Å²) in [4.78, 5) is 91.9. The molecule has 17 nitrogen and oxygen atoms in total. The molecule has 8 atom stereocenters. The molecule has 4 saturated heterocycles. The molecule has 4 unspecified atom stereocenters. The van der Waals surface area contributed by atoms with Crippen molar-refractivity contribution in [2.75, 3.05) is 26.4 Å². The van der Waals surface area contributed by atoms with E-state index >= 15 is 0 Å². The van der Waals surface area contributed by atoms with Crippen molar-refractivity contribution in [2.45, 2.75) is 103 Å². The molecule has 26 heteroatoms. The summed E-state index contributed by atoms with van der Waals surface area (Å²) in [7, 11) is 0. The van der Waals surface area contributed by atoms with Crippen molar-refractivity contribution in [1.82, 2.24) is 0 Å². The molecule has 103 heavy (non-hydrogen) atoms. The summed E-state index contributed by atoms with van der Waals surface area (Å²) in [5.74, 6) is 1.42. The number of Topliss-reactive ketones (excluding diaryl/α,β-unsaturated/α-hetero) is 4. The minimum absolute atomic E-state index is 0.00131. The molecule has 8 aromatic carbocycles. The molecule has 0 bridgehead atoms. The Kier molecular flexibility index (Phi) is 29.1. The van der Waals surface area contributed by atoms with Gasteiger partial charge < -0.3 is 44.1 Å². The Bertz CT molecular complexity index is 4200. The maximum atomic E-state index is 13.6. The van der Waals surface area contributed by atoms with E-state index in [4.69, 9.17) is 30.5 Å². The van der Waals surface area contributed by atoms with Crippen molar-refractivity contribution < 1.29 is 100 Å². The van der Waals surface area contributed by atoms with E-state index in [9.17, 15) is 76.3 Å². The van der Waals surface area contributed by atoms with Gasteiger partial charge in [0, 0.05) is 10.6 Å². The summed E-state index contributed by atoms with van der Waals surface area (Å²) in [6, 6.07) is 56.1. The molecule has 12 rings (SSSR count). The van der Waals surface area contributed by atoms with Gasteiger partial charge in [0.05, 0.1) is 46.7 Å². The molecule has 0 aromatic heterocycles. The zero-order valence-corrected chi connectivity index (χ0v) is 58.8. The first-order valence-electron chi connectivity index (χ1n) is 32.2. The van der Waals surface area contributed by atoms with Gasteiger partial charge in [-0.2, -0.15) is 0 Å². The lowest BCUT2D eigenvalue weighted by Gasteiger charge is -2.14. The van der Waals surface area contributed by atoms with Crippen molar-refractivity contribution in [3.8, 4) is 28.7 Å². The van der Waals surface area contributed by atoms with Crippen LogP contribution in [0.5, 0.6) is 28.7 Å². The summed E-state index contributed by atoms with van der Waals surface area (Å²) < 4.78 is 76.1. The Morgan fingerprint density at radius 3 is 0.922 bits per heavy atom. The molecule has 0 spiro atoms. The summed E-state index contributed by atoms with van der Waals surface area (Å²) in [6.45, 7) is 0.150. The number of carbonyl (C=O) groups is 8. The third kappa shape index (κ3) is 25.3.